The highest BCUT2D eigenvalue weighted by molar-refractivity contribution is 5.23. The van der Waals surface area contributed by atoms with Crippen LogP contribution in [0.3, 0.4) is 0 Å². The number of nitrogens with two attached hydrogens (primary N) is 1. The van der Waals surface area contributed by atoms with Crippen LogP contribution in [0.4, 0.5) is 0 Å². The van der Waals surface area contributed by atoms with Crippen LogP contribution < -0.4 is 5.73 Å². The van der Waals surface area contributed by atoms with Crippen molar-refractivity contribution in [2.75, 3.05) is 0 Å². The summed E-state index contributed by atoms with van der Waals surface area (Å²) in [4.78, 5) is 4.31. The summed E-state index contributed by atoms with van der Waals surface area (Å²) in [6.07, 6.45) is 3.44. The van der Waals surface area contributed by atoms with Crippen molar-refractivity contribution in [1.82, 2.24) is 4.98 Å². The molecule has 1 aromatic heterocycles. The zero-order valence-electron chi connectivity index (χ0n) is 8.75. The van der Waals surface area contributed by atoms with Gasteiger partial charge in [0.15, 0.2) is 0 Å². The molecule has 1 heterocycles. The molecule has 14 heavy (non-hydrogen) atoms. The normalized spacial score (nSPS) is 11.6. The van der Waals surface area contributed by atoms with Crippen LogP contribution in [0.25, 0.3) is 0 Å². The summed E-state index contributed by atoms with van der Waals surface area (Å²) in [6, 6.07) is 3.96. The van der Waals surface area contributed by atoms with Crippen molar-refractivity contribution in [3.8, 4) is 11.8 Å². The lowest BCUT2D eigenvalue weighted by atomic mass is 10.0. The fraction of sp³-hybridized carbons (Fsp3) is 0.417. The van der Waals surface area contributed by atoms with Gasteiger partial charge in [-0.15, -0.1) is 11.8 Å². The molecule has 1 unspecified atom stereocenters. The monoisotopic (exact) mass is 188 g/mol. The van der Waals surface area contributed by atoms with Gasteiger partial charge in [-0.3, -0.25) is 4.98 Å². The van der Waals surface area contributed by atoms with Crippen LogP contribution in [0.15, 0.2) is 18.3 Å². The number of nitrogens with zero attached hydrogens (tertiary/aromatic N) is 1. The second-order valence-corrected chi connectivity index (χ2v) is 3.14. The SMILES string of the molecule is CC#CCC(N)c1ncccc1CC. The van der Waals surface area contributed by atoms with E-state index in [4.69, 9.17) is 5.73 Å². The third-order valence-electron chi connectivity index (χ3n) is 2.16. The number of rotatable bonds is 3. The fourth-order valence-corrected chi connectivity index (χ4v) is 1.39. The summed E-state index contributed by atoms with van der Waals surface area (Å²) in [5.74, 6) is 5.83. The summed E-state index contributed by atoms with van der Waals surface area (Å²) in [5, 5.41) is 0. The van der Waals surface area contributed by atoms with Crippen molar-refractivity contribution in [3.63, 3.8) is 0 Å². The predicted molar refractivity (Wildman–Crippen MR) is 58.6 cm³/mol. The third-order valence-corrected chi connectivity index (χ3v) is 2.16. The molecule has 0 amide bonds. The Morgan fingerprint density at radius 2 is 2.36 bits per heavy atom. The molecule has 2 nitrogen and oxygen atoms in total. The molecule has 0 bridgehead atoms. The summed E-state index contributed by atoms with van der Waals surface area (Å²) in [5.41, 5.74) is 8.20. The Hall–Kier alpha value is -1.33. The Balaban J connectivity index is 2.85. The number of hydrogen-bond acceptors (Lipinski definition) is 2. The molecule has 0 saturated carbocycles. The molecule has 1 aromatic rings. The van der Waals surface area contributed by atoms with Crippen LogP contribution >= 0.6 is 0 Å². The molecule has 2 heteroatoms. The Morgan fingerprint density at radius 3 is 3.00 bits per heavy atom. The van der Waals surface area contributed by atoms with Crippen LogP contribution in [-0.2, 0) is 6.42 Å². The van der Waals surface area contributed by atoms with Gasteiger partial charge < -0.3 is 5.73 Å². The molecule has 0 aliphatic rings. The molecule has 0 spiro atoms. The van der Waals surface area contributed by atoms with E-state index in [1.54, 1.807) is 6.20 Å². The molecular formula is C12H16N2. The van der Waals surface area contributed by atoms with E-state index in [0.29, 0.717) is 6.42 Å². The summed E-state index contributed by atoms with van der Waals surface area (Å²) in [7, 11) is 0. The fourth-order valence-electron chi connectivity index (χ4n) is 1.39. The highest BCUT2D eigenvalue weighted by atomic mass is 14.8. The van der Waals surface area contributed by atoms with E-state index in [0.717, 1.165) is 12.1 Å². The predicted octanol–water partition coefficient (Wildman–Crippen LogP) is 2.06. The van der Waals surface area contributed by atoms with E-state index in [-0.39, 0.29) is 6.04 Å². The molecule has 1 atom stereocenters. The van der Waals surface area contributed by atoms with Gasteiger partial charge in [-0.25, -0.2) is 0 Å². The topological polar surface area (TPSA) is 38.9 Å². The molecule has 0 aliphatic heterocycles. The molecule has 0 aliphatic carbocycles. The molecule has 74 valence electrons. The number of hydrogen-bond donors (Lipinski definition) is 1. The first-order chi connectivity index (χ1) is 6.79. The van der Waals surface area contributed by atoms with Crippen LogP contribution in [0, 0.1) is 11.8 Å². The molecule has 2 N–H and O–H groups in total. The first kappa shape index (κ1) is 10.7. The van der Waals surface area contributed by atoms with E-state index < -0.39 is 0 Å². The Morgan fingerprint density at radius 1 is 1.57 bits per heavy atom. The lowest BCUT2D eigenvalue weighted by Crippen LogP contribution is -2.13. The summed E-state index contributed by atoms with van der Waals surface area (Å²) in [6.45, 7) is 3.94. The van der Waals surface area contributed by atoms with Crippen molar-refractivity contribution in [2.24, 2.45) is 5.73 Å². The number of aryl methyl sites for hydroxylation is 1. The lowest BCUT2D eigenvalue weighted by Gasteiger charge is -2.11. The van der Waals surface area contributed by atoms with Crippen molar-refractivity contribution in [3.05, 3.63) is 29.6 Å². The van der Waals surface area contributed by atoms with Crippen LogP contribution in [0.5, 0.6) is 0 Å². The molecule has 1 rings (SSSR count). The van der Waals surface area contributed by atoms with Gasteiger partial charge in [-0.05, 0) is 25.0 Å². The van der Waals surface area contributed by atoms with Gasteiger partial charge in [-0.2, -0.15) is 0 Å². The van der Waals surface area contributed by atoms with Gasteiger partial charge in [0.2, 0.25) is 0 Å². The maximum atomic E-state index is 5.99. The van der Waals surface area contributed by atoms with E-state index in [2.05, 4.69) is 29.8 Å². The van der Waals surface area contributed by atoms with Crippen molar-refractivity contribution >= 4 is 0 Å². The van der Waals surface area contributed by atoms with Gasteiger partial charge in [0.1, 0.15) is 0 Å². The second kappa shape index (κ2) is 5.41. The van der Waals surface area contributed by atoms with Crippen molar-refractivity contribution < 1.29 is 0 Å². The van der Waals surface area contributed by atoms with E-state index in [9.17, 15) is 0 Å². The second-order valence-electron chi connectivity index (χ2n) is 3.14. The molecule has 0 fully saturated rings. The Labute approximate surface area is 85.5 Å². The van der Waals surface area contributed by atoms with Gasteiger partial charge >= 0.3 is 0 Å². The largest absolute Gasteiger partial charge is 0.322 e. The van der Waals surface area contributed by atoms with Crippen molar-refractivity contribution in [1.29, 1.82) is 0 Å². The Kier molecular flexibility index (Phi) is 4.15. The quantitative estimate of drug-likeness (QED) is 0.737. The molecule has 0 aromatic carbocycles. The number of pyridine rings is 1. The minimum Gasteiger partial charge on any atom is -0.322 e. The lowest BCUT2D eigenvalue weighted by molar-refractivity contribution is 0.711. The van der Waals surface area contributed by atoms with Gasteiger partial charge in [0.25, 0.3) is 0 Å². The maximum absolute atomic E-state index is 5.99. The van der Waals surface area contributed by atoms with Gasteiger partial charge in [-0.1, -0.05) is 13.0 Å². The number of aromatic nitrogens is 1. The van der Waals surface area contributed by atoms with E-state index in [1.807, 2.05) is 13.0 Å². The molecular weight excluding hydrogens is 172 g/mol. The van der Waals surface area contributed by atoms with Gasteiger partial charge in [0.05, 0.1) is 11.7 Å². The van der Waals surface area contributed by atoms with Crippen molar-refractivity contribution in [2.45, 2.75) is 32.7 Å². The maximum Gasteiger partial charge on any atom is 0.0612 e. The highest BCUT2D eigenvalue weighted by Gasteiger charge is 2.09. The molecule has 0 saturated heterocycles. The third kappa shape index (κ3) is 2.58. The zero-order chi connectivity index (χ0) is 10.4. The summed E-state index contributed by atoms with van der Waals surface area (Å²) >= 11 is 0. The first-order valence-electron chi connectivity index (χ1n) is 4.88. The van der Waals surface area contributed by atoms with Gasteiger partial charge in [0, 0.05) is 12.6 Å². The van der Waals surface area contributed by atoms with Crippen LogP contribution in [0.2, 0.25) is 0 Å². The smallest absolute Gasteiger partial charge is 0.0612 e. The Bertz CT molecular complexity index is 347. The average molecular weight is 188 g/mol. The summed E-state index contributed by atoms with van der Waals surface area (Å²) < 4.78 is 0. The highest BCUT2D eigenvalue weighted by Crippen LogP contribution is 2.15. The van der Waals surface area contributed by atoms with Crippen LogP contribution in [0.1, 0.15) is 37.6 Å². The molecule has 0 radical (unpaired) electrons. The van der Waals surface area contributed by atoms with E-state index in [1.165, 1.54) is 5.56 Å². The van der Waals surface area contributed by atoms with E-state index >= 15 is 0 Å². The minimum absolute atomic E-state index is 0.0569. The average Bonchev–Trinajstić information content (AvgIpc) is 2.25. The van der Waals surface area contributed by atoms with Crippen LogP contribution in [-0.4, -0.2) is 4.98 Å². The zero-order valence-corrected chi connectivity index (χ0v) is 8.75. The standard InChI is InChI=1S/C12H16N2/c1-3-5-8-11(13)12-10(4-2)7-6-9-14-12/h6-7,9,11H,4,8,13H2,1-2H3. The first-order valence-corrected chi connectivity index (χ1v) is 4.88. The minimum atomic E-state index is -0.0569.